The highest BCUT2D eigenvalue weighted by atomic mass is 32.1. The normalized spacial score (nSPS) is 15.5. The van der Waals surface area contributed by atoms with Gasteiger partial charge >= 0.3 is 0 Å². The molecule has 0 amide bonds. The first kappa shape index (κ1) is 35.7. The van der Waals surface area contributed by atoms with Gasteiger partial charge in [0.25, 0.3) is 0 Å². The molecular weight excluding hydrogens is 793 g/mol. The zero-order valence-corrected chi connectivity index (χ0v) is 34.4. The van der Waals surface area contributed by atoms with Crippen LogP contribution in [-0.4, -0.2) is 31.0 Å². The van der Waals surface area contributed by atoms with Crippen LogP contribution in [0.4, 0.5) is 11.4 Å². The lowest BCUT2D eigenvalue weighted by Gasteiger charge is -2.28. The van der Waals surface area contributed by atoms with Crippen LogP contribution in [-0.2, 0) is 0 Å². The van der Waals surface area contributed by atoms with Crippen molar-refractivity contribution < 1.29 is 4.42 Å². The van der Waals surface area contributed by atoms with Crippen molar-refractivity contribution in [2.45, 2.75) is 12.0 Å². The quantitative estimate of drug-likeness (QED) is 0.165. The number of hydrogen-bond donors (Lipinski definition) is 0. The van der Waals surface area contributed by atoms with Gasteiger partial charge in [0, 0.05) is 60.4 Å². The highest BCUT2D eigenvalue weighted by molar-refractivity contribution is 7.26. The van der Waals surface area contributed by atoms with E-state index >= 15 is 0 Å². The van der Waals surface area contributed by atoms with Gasteiger partial charge < -0.3 is 9.32 Å². The smallest absolute Gasteiger partial charge is 0.167 e. The Balaban J connectivity index is 0.952. The van der Waals surface area contributed by atoms with E-state index in [0.29, 0.717) is 28.9 Å². The van der Waals surface area contributed by atoms with Crippen molar-refractivity contribution in [3.05, 3.63) is 200 Å². The van der Waals surface area contributed by atoms with Crippen molar-refractivity contribution in [2.75, 3.05) is 4.90 Å². The second-order valence-corrected chi connectivity index (χ2v) is 17.0. The van der Waals surface area contributed by atoms with Gasteiger partial charge in [0.05, 0.1) is 27.5 Å². The number of allylic oxidation sites excluding steroid dienone is 2. The maximum Gasteiger partial charge on any atom is 0.167 e. The fourth-order valence-electron chi connectivity index (χ4n) is 9.34. The molecule has 296 valence electrons. The lowest BCUT2D eigenvalue weighted by molar-refractivity contribution is 0.669. The maximum absolute atomic E-state index is 6.85. The number of thiophene rings is 1. The van der Waals surface area contributed by atoms with Gasteiger partial charge in [0.2, 0.25) is 0 Å². The molecule has 0 saturated carbocycles. The van der Waals surface area contributed by atoms with Crippen LogP contribution < -0.4 is 4.90 Å². The van der Waals surface area contributed by atoms with Crippen molar-refractivity contribution >= 4 is 65.0 Å². The molecule has 0 saturated heterocycles. The first-order chi connectivity index (χ1) is 31.2. The number of rotatable bonds is 6. The van der Waals surface area contributed by atoms with Crippen LogP contribution >= 0.6 is 11.3 Å². The number of para-hydroxylation sites is 2. The monoisotopic (exact) mass is 826 g/mol. The highest BCUT2D eigenvalue weighted by Gasteiger charge is 2.37. The summed E-state index contributed by atoms with van der Waals surface area (Å²) in [5.41, 5.74) is 11.5. The maximum atomic E-state index is 6.85. The van der Waals surface area contributed by atoms with Crippen LogP contribution in [0.1, 0.15) is 11.5 Å². The number of nitrogens with zero attached hydrogens (tertiary/aromatic N) is 6. The molecule has 7 aromatic carbocycles. The molecule has 63 heavy (non-hydrogen) atoms. The molecule has 1 aliphatic carbocycles. The standard InChI is InChI=1S/C55H34N6OS/c1-4-15-33(16-5-1)48-51-49(41-22-11-13-26-47(41)63-51)57-53(56-48)36-27-29-39-40-23-14-24-42(50(40)62-46(39)32-36)55-59-52(34-17-6-2-7-18-34)58-54(60-55)35-28-30-45-43(31-35)38-21-10-12-25-44(38)61(45)37-19-8-3-9-20-37/h1-32,38,44H. The number of anilines is 2. The molecule has 5 heterocycles. The highest BCUT2D eigenvalue weighted by Crippen LogP contribution is 2.49. The van der Waals surface area contributed by atoms with E-state index in [1.165, 1.54) is 21.6 Å². The Bertz CT molecular complexity index is 3650. The Morgan fingerprint density at radius 3 is 2.00 bits per heavy atom. The Morgan fingerprint density at radius 1 is 0.492 bits per heavy atom. The minimum atomic E-state index is 0.179. The molecule has 0 N–H and O–H groups in total. The molecule has 0 fully saturated rings. The number of furan rings is 1. The molecule has 4 aromatic heterocycles. The Labute approximate surface area is 366 Å². The molecule has 13 rings (SSSR count). The average Bonchev–Trinajstić information content (AvgIpc) is 4.03. The third-order valence-corrected chi connectivity index (χ3v) is 13.4. The Morgan fingerprint density at radius 2 is 1.16 bits per heavy atom. The zero-order chi connectivity index (χ0) is 41.4. The summed E-state index contributed by atoms with van der Waals surface area (Å²) < 4.78 is 9.11. The van der Waals surface area contributed by atoms with E-state index in [4.69, 9.17) is 29.3 Å². The van der Waals surface area contributed by atoms with Crippen LogP contribution in [0.15, 0.2) is 199 Å². The van der Waals surface area contributed by atoms with Crippen LogP contribution in [0.25, 0.3) is 99.1 Å². The third kappa shape index (κ3) is 5.83. The molecule has 0 radical (unpaired) electrons. The summed E-state index contributed by atoms with van der Waals surface area (Å²) in [6, 6.07) is 58.8. The summed E-state index contributed by atoms with van der Waals surface area (Å²) in [6.07, 6.45) is 8.89. The van der Waals surface area contributed by atoms with Gasteiger partial charge in [-0.2, -0.15) is 0 Å². The molecule has 1 aliphatic heterocycles. The number of fused-ring (bicyclic) bond motifs is 9. The molecule has 2 aliphatic rings. The number of benzene rings is 7. The molecule has 11 aromatic rings. The SMILES string of the molecule is C1=CC2c3cc(-c4nc(-c5ccccc5)nc(-c5cccc6c5oc5cc(-c7nc(-c8ccccc8)c8sc9ccccc9c8n7)ccc56)n4)ccc3N(c3ccccc3)C2C=C1. The fraction of sp³-hybridized carbons (Fsp3) is 0.0364. The number of hydrogen-bond acceptors (Lipinski definition) is 8. The minimum absolute atomic E-state index is 0.179. The fourth-order valence-corrected chi connectivity index (χ4v) is 10.5. The van der Waals surface area contributed by atoms with Gasteiger partial charge in [-0.25, -0.2) is 24.9 Å². The predicted molar refractivity (Wildman–Crippen MR) is 256 cm³/mol. The van der Waals surface area contributed by atoms with Gasteiger partial charge in [-0.15, -0.1) is 11.3 Å². The van der Waals surface area contributed by atoms with Crippen LogP contribution in [0.3, 0.4) is 0 Å². The summed E-state index contributed by atoms with van der Waals surface area (Å²) in [7, 11) is 0. The molecule has 0 spiro atoms. The van der Waals surface area contributed by atoms with Gasteiger partial charge in [0.15, 0.2) is 23.3 Å². The average molecular weight is 827 g/mol. The van der Waals surface area contributed by atoms with Gasteiger partial charge in [0.1, 0.15) is 11.2 Å². The molecule has 2 unspecified atom stereocenters. The van der Waals surface area contributed by atoms with Gasteiger partial charge in [-0.3, -0.25) is 0 Å². The summed E-state index contributed by atoms with van der Waals surface area (Å²) in [4.78, 5) is 28.4. The summed E-state index contributed by atoms with van der Waals surface area (Å²) in [5, 5.41) is 3.09. The second kappa shape index (κ2) is 14.3. The Hall–Kier alpha value is -8.07. The molecule has 7 nitrogen and oxygen atoms in total. The predicted octanol–water partition coefficient (Wildman–Crippen LogP) is 14.0. The first-order valence-corrected chi connectivity index (χ1v) is 21.9. The van der Waals surface area contributed by atoms with E-state index in [1.807, 2.05) is 48.5 Å². The minimum Gasteiger partial charge on any atom is -0.455 e. The number of aromatic nitrogens is 5. The first-order valence-electron chi connectivity index (χ1n) is 21.1. The van der Waals surface area contributed by atoms with Crippen LogP contribution in [0.5, 0.6) is 0 Å². The summed E-state index contributed by atoms with van der Waals surface area (Å²) in [5.74, 6) is 2.58. The van der Waals surface area contributed by atoms with E-state index in [9.17, 15) is 0 Å². The molecule has 0 bridgehead atoms. The van der Waals surface area contributed by atoms with E-state index in [2.05, 4.69) is 151 Å². The second-order valence-electron chi connectivity index (χ2n) is 16.0. The topological polar surface area (TPSA) is 80.8 Å². The lowest BCUT2D eigenvalue weighted by Crippen LogP contribution is -2.28. The van der Waals surface area contributed by atoms with Gasteiger partial charge in [-0.1, -0.05) is 140 Å². The summed E-state index contributed by atoms with van der Waals surface area (Å²) in [6.45, 7) is 0. The molecule has 8 heteroatoms. The largest absolute Gasteiger partial charge is 0.455 e. The van der Waals surface area contributed by atoms with Crippen molar-refractivity contribution in [1.29, 1.82) is 0 Å². The summed E-state index contributed by atoms with van der Waals surface area (Å²) >= 11 is 1.73. The van der Waals surface area contributed by atoms with E-state index in [-0.39, 0.29) is 12.0 Å². The van der Waals surface area contributed by atoms with Gasteiger partial charge in [-0.05, 0) is 60.2 Å². The van der Waals surface area contributed by atoms with Crippen molar-refractivity contribution in [2.24, 2.45) is 0 Å². The van der Waals surface area contributed by atoms with E-state index in [0.717, 1.165) is 65.5 Å². The van der Waals surface area contributed by atoms with E-state index < -0.39 is 0 Å². The molecule has 2 atom stereocenters. The molecular formula is C55H34N6OS. The van der Waals surface area contributed by atoms with Crippen molar-refractivity contribution in [3.8, 4) is 56.8 Å². The van der Waals surface area contributed by atoms with Crippen molar-refractivity contribution in [3.63, 3.8) is 0 Å². The lowest BCUT2D eigenvalue weighted by atomic mass is 9.90. The Kier molecular flexibility index (Phi) is 8.07. The van der Waals surface area contributed by atoms with Crippen LogP contribution in [0.2, 0.25) is 0 Å². The van der Waals surface area contributed by atoms with Crippen molar-refractivity contribution in [1.82, 2.24) is 24.9 Å². The third-order valence-electron chi connectivity index (χ3n) is 12.3. The van der Waals surface area contributed by atoms with E-state index in [1.54, 1.807) is 11.3 Å². The van der Waals surface area contributed by atoms with Crippen LogP contribution in [0, 0.1) is 0 Å². The zero-order valence-electron chi connectivity index (χ0n) is 33.6.